The van der Waals surface area contributed by atoms with Crippen LogP contribution in [0.25, 0.3) is 0 Å². The summed E-state index contributed by atoms with van der Waals surface area (Å²) < 4.78 is 0. The van der Waals surface area contributed by atoms with E-state index in [1.165, 1.54) is 24.1 Å². The van der Waals surface area contributed by atoms with Crippen molar-refractivity contribution < 1.29 is 9.59 Å². The molecule has 1 aromatic rings. The lowest BCUT2D eigenvalue weighted by molar-refractivity contribution is -0.138. The Labute approximate surface area is 174 Å². The summed E-state index contributed by atoms with van der Waals surface area (Å²) in [6.07, 6.45) is 8.19. The second kappa shape index (κ2) is 9.19. The third-order valence-electron chi connectivity index (χ3n) is 7.11. The first kappa shape index (κ1) is 20.2. The zero-order valence-corrected chi connectivity index (χ0v) is 17.7. The van der Waals surface area contributed by atoms with Crippen LogP contribution in [0.1, 0.15) is 56.9 Å². The predicted molar refractivity (Wildman–Crippen MR) is 116 cm³/mol. The van der Waals surface area contributed by atoms with Gasteiger partial charge in [0.15, 0.2) is 0 Å². The number of nitrogens with zero attached hydrogens (tertiary/aromatic N) is 2. The number of amides is 2. The van der Waals surface area contributed by atoms with Crippen molar-refractivity contribution in [2.24, 2.45) is 11.8 Å². The average Bonchev–Trinajstić information content (AvgIpc) is 3.26. The first-order valence-electron chi connectivity index (χ1n) is 11.5. The molecule has 1 saturated heterocycles. The summed E-state index contributed by atoms with van der Waals surface area (Å²) in [5.41, 5.74) is 2.53. The van der Waals surface area contributed by atoms with Crippen molar-refractivity contribution in [3.63, 3.8) is 0 Å². The van der Waals surface area contributed by atoms with Crippen LogP contribution in [0.15, 0.2) is 24.3 Å². The standard InChI is InChI=1S/C24H35N3O2/c1-18-5-4-8-22(17-18)26-13-15-27(16-14-26)24(29)20-11-9-19(10-12-20)23(28)25-21-6-2-3-7-21/h4-5,8,17,19-21H,2-3,6-7,9-16H2,1H3,(H,25,28). The SMILES string of the molecule is Cc1cccc(N2CCN(C(=O)C3CCC(C(=O)NC4CCCC4)CC3)CC2)c1. The molecular formula is C24H35N3O2. The monoisotopic (exact) mass is 397 g/mol. The third-order valence-corrected chi connectivity index (χ3v) is 7.11. The molecule has 3 aliphatic rings. The molecule has 0 spiro atoms. The molecule has 158 valence electrons. The van der Waals surface area contributed by atoms with Crippen LogP contribution in [-0.4, -0.2) is 48.9 Å². The lowest BCUT2D eigenvalue weighted by atomic mass is 9.80. The van der Waals surface area contributed by atoms with E-state index in [-0.39, 0.29) is 17.7 Å². The molecule has 1 aromatic carbocycles. The van der Waals surface area contributed by atoms with E-state index >= 15 is 0 Å². The molecule has 3 fully saturated rings. The van der Waals surface area contributed by atoms with Crippen molar-refractivity contribution in [3.8, 4) is 0 Å². The van der Waals surface area contributed by atoms with Crippen LogP contribution in [0.4, 0.5) is 5.69 Å². The van der Waals surface area contributed by atoms with Crippen molar-refractivity contribution in [2.45, 2.75) is 64.3 Å². The second-order valence-electron chi connectivity index (χ2n) is 9.19. The number of rotatable bonds is 4. The van der Waals surface area contributed by atoms with Crippen LogP contribution >= 0.6 is 0 Å². The van der Waals surface area contributed by atoms with E-state index < -0.39 is 0 Å². The summed E-state index contributed by atoms with van der Waals surface area (Å²) in [6.45, 7) is 5.51. The van der Waals surface area contributed by atoms with Gasteiger partial charge in [0.25, 0.3) is 0 Å². The van der Waals surface area contributed by atoms with Gasteiger partial charge in [-0.1, -0.05) is 25.0 Å². The van der Waals surface area contributed by atoms with Crippen molar-refractivity contribution in [2.75, 3.05) is 31.1 Å². The summed E-state index contributed by atoms with van der Waals surface area (Å²) in [5.74, 6) is 0.756. The smallest absolute Gasteiger partial charge is 0.225 e. The fourth-order valence-corrected chi connectivity index (χ4v) is 5.26. The number of aryl methyl sites for hydroxylation is 1. The maximum Gasteiger partial charge on any atom is 0.225 e. The maximum atomic E-state index is 13.0. The molecular weight excluding hydrogens is 362 g/mol. The highest BCUT2D eigenvalue weighted by Gasteiger charge is 2.34. The summed E-state index contributed by atoms with van der Waals surface area (Å²) in [4.78, 5) is 30.0. The topological polar surface area (TPSA) is 52.7 Å². The number of hydrogen-bond acceptors (Lipinski definition) is 3. The average molecular weight is 398 g/mol. The van der Waals surface area contributed by atoms with Gasteiger partial charge in [-0.15, -0.1) is 0 Å². The zero-order valence-electron chi connectivity index (χ0n) is 17.7. The molecule has 4 rings (SSSR count). The largest absolute Gasteiger partial charge is 0.368 e. The van der Waals surface area contributed by atoms with Crippen LogP contribution in [-0.2, 0) is 9.59 Å². The van der Waals surface area contributed by atoms with Crippen LogP contribution in [0.3, 0.4) is 0 Å². The Balaban J connectivity index is 1.22. The second-order valence-corrected chi connectivity index (χ2v) is 9.19. The fraction of sp³-hybridized carbons (Fsp3) is 0.667. The van der Waals surface area contributed by atoms with Crippen molar-refractivity contribution in [1.82, 2.24) is 10.2 Å². The molecule has 5 nitrogen and oxygen atoms in total. The lowest BCUT2D eigenvalue weighted by Crippen LogP contribution is -2.51. The quantitative estimate of drug-likeness (QED) is 0.846. The van der Waals surface area contributed by atoms with Gasteiger partial charge in [-0.3, -0.25) is 9.59 Å². The molecule has 1 aliphatic heterocycles. The van der Waals surface area contributed by atoms with Gasteiger partial charge in [0, 0.05) is 49.7 Å². The Kier molecular flexibility index (Phi) is 6.41. The summed E-state index contributed by atoms with van der Waals surface area (Å²) in [6, 6.07) is 8.99. The molecule has 1 N–H and O–H groups in total. The van der Waals surface area contributed by atoms with Gasteiger partial charge < -0.3 is 15.1 Å². The molecule has 0 aromatic heterocycles. The van der Waals surface area contributed by atoms with Gasteiger partial charge in [0.05, 0.1) is 0 Å². The first-order valence-corrected chi connectivity index (χ1v) is 11.5. The summed E-state index contributed by atoms with van der Waals surface area (Å²) in [5, 5.41) is 3.24. The fourth-order valence-electron chi connectivity index (χ4n) is 5.26. The van der Waals surface area contributed by atoms with Crippen LogP contribution in [0.5, 0.6) is 0 Å². The molecule has 1 heterocycles. The van der Waals surface area contributed by atoms with Gasteiger partial charge >= 0.3 is 0 Å². The molecule has 2 saturated carbocycles. The van der Waals surface area contributed by atoms with Gasteiger partial charge in [-0.25, -0.2) is 0 Å². The lowest BCUT2D eigenvalue weighted by Gasteiger charge is -2.38. The van der Waals surface area contributed by atoms with E-state index in [0.29, 0.717) is 11.9 Å². The Morgan fingerprint density at radius 1 is 0.897 bits per heavy atom. The predicted octanol–water partition coefficient (Wildman–Crippen LogP) is 3.51. The van der Waals surface area contributed by atoms with Crippen LogP contribution in [0.2, 0.25) is 0 Å². The minimum atomic E-state index is 0.107. The minimum Gasteiger partial charge on any atom is -0.368 e. The number of piperazine rings is 1. The highest BCUT2D eigenvalue weighted by atomic mass is 16.2. The zero-order chi connectivity index (χ0) is 20.2. The number of carbonyl (C=O) groups excluding carboxylic acids is 2. The third kappa shape index (κ3) is 4.93. The van der Waals surface area contributed by atoms with Crippen molar-refractivity contribution in [3.05, 3.63) is 29.8 Å². The molecule has 0 unspecified atom stereocenters. The Hall–Kier alpha value is -2.04. The number of hydrogen-bond donors (Lipinski definition) is 1. The molecule has 2 aliphatic carbocycles. The maximum absolute atomic E-state index is 13.0. The first-order chi connectivity index (χ1) is 14.1. The molecule has 5 heteroatoms. The Morgan fingerprint density at radius 2 is 1.55 bits per heavy atom. The highest BCUT2D eigenvalue weighted by Crippen LogP contribution is 2.31. The van der Waals surface area contributed by atoms with Crippen molar-refractivity contribution >= 4 is 17.5 Å². The van der Waals surface area contributed by atoms with Gasteiger partial charge in [-0.2, -0.15) is 0 Å². The Morgan fingerprint density at radius 3 is 2.21 bits per heavy atom. The number of anilines is 1. The van der Waals surface area contributed by atoms with E-state index in [4.69, 9.17) is 0 Å². The normalized spacial score (nSPS) is 25.8. The minimum absolute atomic E-state index is 0.107. The molecule has 2 amide bonds. The van der Waals surface area contributed by atoms with Gasteiger partial charge in [0.2, 0.25) is 11.8 Å². The highest BCUT2D eigenvalue weighted by molar-refractivity contribution is 5.81. The van der Waals surface area contributed by atoms with E-state index in [0.717, 1.165) is 64.7 Å². The van der Waals surface area contributed by atoms with Crippen molar-refractivity contribution in [1.29, 1.82) is 0 Å². The molecule has 29 heavy (non-hydrogen) atoms. The van der Waals surface area contributed by atoms with E-state index in [9.17, 15) is 9.59 Å². The van der Waals surface area contributed by atoms with Crippen LogP contribution in [0, 0.1) is 18.8 Å². The number of carbonyl (C=O) groups is 2. The van der Waals surface area contributed by atoms with E-state index in [1.807, 2.05) is 0 Å². The molecule has 0 radical (unpaired) electrons. The number of benzene rings is 1. The van der Waals surface area contributed by atoms with Gasteiger partial charge in [-0.05, 0) is 63.1 Å². The molecule has 0 bridgehead atoms. The number of nitrogens with one attached hydrogen (secondary N) is 1. The summed E-state index contributed by atoms with van der Waals surface area (Å²) >= 11 is 0. The van der Waals surface area contributed by atoms with Gasteiger partial charge in [0.1, 0.15) is 0 Å². The Bertz CT molecular complexity index is 713. The van der Waals surface area contributed by atoms with Crippen LogP contribution < -0.4 is 10.2 Å². The van der Waals surface area contributed by atoms with E-state index in [2.05, 4.69) is 46.3 Å². The molecule has 0 atom stereocenters. The summed E-state index contributed by atoms with van der Waals surface area (Å²) in [7, 11) is 0. The van der Waals surface area contributed by atoms with E-state index in [1.54, 1.807) is 0 Å².